The van der Waals surface area contributed by atoms with Gasteiger partial charge in [0.1, 0.15) is 0 Å². The van der Waals surface area contributed by atoms with Crippen LogP contribution in [0.2, 0.25) is 0 Å². The molecular weight excluding hydrogens is 476 g/mol. The van der Waals surface area contributed by atoms with E-state index in [0.29, 0.717) is 30.7 Å². The van der Waals surface area contributed by atoms with Gasteiger partial charge in [0.05, 0.1) is 12.6 Å². The number of likely N-dealkylation sites (tertiary alicyclic amines) is 3. The van der Waals surface area contributed by atoms with Gasteiger partial charge in [0.2, 0.25) is 11.8 Å². The molecule has 10 heteroatoms. The van der Waals surface area contributed by atoms with Crippen molar-refractivity contribution in [1.82, 2.24) is 19.6 Å². The molecule has 1 aromatic carbocycles. The monoisotopic (exact) mass is 518 g/mol. The van der Waals surface area contributed by atoms with E-state index >= 15 is 0 Å². The number of likely N-dealkylation sites (N-methyl/N-ethyl adjacent to an activating group) is 1. The van der Waals surface area contributed by atoms with E-state index in [1.54, 1.807) is 0 Å². The molecular formula is C27H42N4O6. The van der Waals surface area contributed by atoms with E-state index < -0.39 is 11.9 Å². The molecule has 10 nitrogen and oxygen atoms in total. The topological polar surface area (TPSA) is 122 Å². The number of benzene rings is 1. The Balaban J connectivity index is 0.000000530. The second-order valence-corrected chi connectivity index (χ2v) is 10.3. The number of hydrogen-bond donors (Lipinski definition) is 2. The van der Waals surface area contributed by atoms with E-state index in [9.17, 15) is 9.59 Å². The Bertz CT molecular complexity index is 933. The molecule has 2 amide bonds. The van der Waals surface area contributed by atoms with Crippen LogP contribution in [0.3, 0.4) is 0 Å². The normalized spacial score (nSPS) is 22.8. The molecule has 1 aromatic rings. The maximum atomic E-state index is 13.0. The van der Waals surface area contributed by atoms with Crippen LogP contribution < -0.4 is 0 Å². The van der Waals surface area contributed by atoms with E-state index in [0.717, 1.165) is 59.5 Å². The molecule has 206 valence electrons. The highest BCUT2D eigenvalue weighted by molar-refractivity contribution is 5.79. The van der Waals surface area contributed by atoms with Crippen LogP contribution in [-0.2, 0) is 19.2 Å². The van der Waals surface area contributed by atoms with Gasteiger partial charge in [0.15, 0.2) is 0 Å². The Kier molecular flexibility index (Phi) is 11.5. The average Bonchev–Trinajstić information content (AvgIpc) is 3.45. The van der Waals surface area contributed by atoms with Crippen LogP contribution in [0.15, 0.2) is 24.3 Å². The number of carbonyl (C=O) groups excluding carboxylic acids is 2. The standard InChI is InChI=1S/C23H34N4O2.2C2H4O2/c1-17-7-4-5-8-19(17)23-20-15-25(11-12-26-10-6-9-21(26)28)13-18(20)14-27(23)22(29)16-24(2)3;2*1-2(3)4/h4-5,7-8,18,20,23H,6,9-16H2,1-3H3;2*1H3,(H,3,4)/t18-,20-,23+;;/m1../s1. The van der Waals surface area contributed by atoms with Crippen LogP contribution in [0.25, 0.3) is 0 Å². The van der Waals surface area contributed by atoms with E-state index in [2.05, 4.69) is 41.0 Å². The third kappa shape index (κ3) is 9.12. The van der Waals surface area contributed by atoms with Crippen LogP contribution in [0.1, 0.15) is 43.9 Å². The van der Waals surface area contributed by atoms with Crippen LogP contribution in [0.5, 0.6) is 0 Å². The summed E-state index contributed by atoms with van der Waals surface area (Å²) in [5.74, 6) is -0.147. The molecule has 0 bridgehead atoms. The van der Waals surface area contributed by atoms with Gasteiger partial charge in [-0.1, -0.05) is 24.3 Å². The van der Waals surface area contributed by atoms with E-state index in [-0.39, 0.29) is 11.9 Å². The molecule has 3 aliphatic heterocycles. The third-order valence-corrected chi connectivity index (χ3v) is 6.88. The van der Waals surface area contributed by atoms with E-state index in [1.807, 2.05) is 23.9 Å². The Morgan fingerprint density at radius 1 is 1.00 bits per heavy atom. The highest BCUT2D eigenvalue weighted by Gasteiger charge is 2.49. The first-order valence-corrected chi connectivity index (χ1v) is 12.8. The lowest BCUT2D eigenvalue weighted by Gasteiger charge is -2.32. The molecule has 37 heavy (non-hydrogen) atoms. The quantitative estimate of drug-likeness (QED) is 0.585. The van der Waals surface area contributed by atoms with E-state index in [4.69, 9.17) is 19.8 Å². The number of carbonyl (C=O) groups is 4. The SMILES string of the molecule is CC(=O)O.CC(=O)O.Cc1ccccc1[C@H]1[C@@H]2CN(CCN3CCCC3=O)C[C@@H]2CN1C(=O)CN(C)C. The van der Waals surface area contributed by atoms with Gasteiger partial charge in [0, 0.05) is 65.5 Å². The van der Waals surface area contributed by atoms with Gasteiger partial charge >= 0.3 is 0 Å². The highest BCUT2D eigenvalue weighted by Crippen LogP contribution is 2.45. The number of aliphatic carboxylic acids is 2. The lowest BCUT2D eigenvalue weighted by Crippen LogP contribution is -2.41. The predicted octanol–water partition coefficient (Wildman–Crippen LogP) is 1.79. The molecule has 0 radical (unpaired) electrons. The minimum Gasteiger partial charge on any atom is -0.481 e. The molecule has 3 aliphatic rings. The average molecular weight is 519 g/mol. The summed E-state index contributed by atoms with van der Waals surface area (Å²) in [6.07, 6.45) is 1.71. The number of carboxylic acid groups (broad SMARTS) is 2. The molecule has 3 heterocycles. The summed E-state index contributed by atoms with van der Waals surface area (Å²) in [5, 5.41) is 14.8. The molecule has 4 rings (SSSR count). The first kappa shape index (κ1) is 30.2. The number of fused-ring (bicyclic) bond motifs is 1. The summed E-state index contributed by atoms with van der Waals surface area (Å²) in [5.41, 5.74) is 2.56. The van der Waals surface area contributed by atoms with Gasteiger partial charge in [-0.2, -0.15) is 0 Å². The zero-order chi connectivity index (χ0) is 27.7. The summed E-state index contributed by atoms with van der Waals surface area (Å²) < 4.78 is 0. The van der Waals surface area contributed by atoms with Crippen molar-refractivity contribution in [2.75, 3.05) is 59.9 Å². The van der Waals surface area contributed by atoms with Gasteiger partial charge < -0.3 is 29.8 Å². The molecule has 3 saturated heterocycles. The minimum atomic E-state index is -0.833. The second kappa shape index (κ2) is 14.1. The fraction of sp³-hybridized carbons (Fsp3) is 0.630. The van der Waals surface area contributed by atoms with Gasteiger partial charge in [-0.25, -0.2) is 0 Å². The minimum absolute atomic E-state index is 0.159. The summed E-state index contributed by atoms with van der Waals surface area (Å²) in [4.78, 5) is 51.6. The maximum absolute atomic E-state index is 13.0. The van der Waals surface area contributed by atoms with Crippen LogP contribution in [-0.4, -0.2) is 113 Å². The largest absolute Gasteiger partial charge is 0.481 e. The van der Waals surface area contributed by atoms with Crippen molar-refractivity contribution < 1.29 is 29.4 Å². The van der Waals surface area contributed by atoms with Crippen molar-refractivity contribution >= 4 is 23.8 Å². The molecule has 0 spiro atoms. The first-order chi connectivity index (χ1) is 17.4. The number of rotatable bonds is 6. The van der Waals surface area contributed by atoms with Crippen LogP contribution in [0.4, 0.5) is 0 Å². The summed E-state index contributed by atoms with van der Waals surface area (Å²) in [6, 6.07) is 8.68. The van der Waals surface area contributed by atoms with Crippen molar-refractivity contribution in [3.63, 3.8) is 0 Å². The zero-order valence-corrected chi connectivity index (χ0v) is 22.7. The van der Waals surface area contributed by atoms with Crippen molar-refractivity contribution in [3.8, 4) is 0 Å². The lowest BCUT2D eigenvalue weighted by atomic mass is 9.87. The smallest absolute Gasteiger partial charge is 0.300 e. The van der Waals surface area contributed by atoms with E-state index in [1.165, 1.54) is 11.1 Å². The Morgan fingerprint density at radius 3 is 2.16 bits per heavy atom. The molecule has 3 atom stereocenters. The number of amides is 2. The number of hydrogen-bond acceptors (Lipinski definition) is 6. The van der Waals surface area contributed by atoms with Gasteiger partial charge in [-0.3, -0.25) is 19.2 Å². The zero-order valence-electron chi connectivity index (χ0n) is 22.7. The molecule has 0 aliphatic carbocycles. The Morgan fingerprint density at radius 2 is 1.62 bits per heavy atom. The van der Waals surface area contributed by atoms with Crippen LogP contribution >= 0.6 is 0 Å². The summed E-state index contributed by atoms with van der Waals surface area (Å²) in [6.45, 7) is 10.4. The van der Waals surface area contributed by atoms with Crippen molar-refractivity contribution in [2.24, 2.45) is 11.8 Å². The van der Waals surface area contributed by atoms with Gasteiger partial charge in [-0.05, 0) is 44.5 Å². The number of carboxylic acids is 2. The fourth-order valence-electron chi connectivity index (χ4n) is 5.46. The van der Waals surface area contributed by atoms with Crippen LogP contribution in [0, 0.1) is 18.8 Å². The van der Waals surface area contributed by atoms with Crippen molar-refractivity contribution in [3.05, 3.63) is 35.4 Å². The molecule has 0 aromatic heterocycles. The molecule has 0 unspecified atom stereocenters. The second-order valence-electron chi connectivity index (χ2n) is 10.3. The Hall–Kier alpha value is -2.98. The predicted molar refractivity (Wildman–Crippen MR) is 140 cm³/mol. The summed E-state index contributed by atoms with van der Waals surface area (Å²) in [7, 11) is 3.91. The first-order valence-electron chi connectivity index (χ1n) is 12.8. The highest BCUT2D eigenvalue weighted by atomic mass is 16.4. The third-order valence-electron chi connectivity index (χ3n) is 6.88. The number of aryl methyl sites for hydroxylation is 1. The summed E-state index contributed by atoms with van der Waals surface area (Å²) >= 11 is 0. The van der Waals surface area contributed by atoms with Crippen molar-refractivity contribution in [1.29, 1.82) is 0 Å². The number of nitrogens with zero attached hydrogens (tertiary/aromatic N) is 4. The fourth-order valence-corrected chi connectivity index (χ4v) is 5.46. The van der Waals surface area contributed by atoms with Crippen molar-refractivity contribution in [2.45, 2.75) is 39.7 Å². The molecule has 0 saturated carbocycles. The molecule has 3 fully saturated rings. The maximum Gasteiger partial charge on any atom is 0.300 e. The Labute approximate surface area is 219 Å². The molecule has 2 N–H and O–H groups in total. The lowest BCUT2D eigenvalue weighted by molar-refractivity contribution is -0.135. The van der Waals surface area contributed by atoms with Gasteiger partial charge in [-0.15, -0.1) is 0 Å². The van der Waals surface area contributed by atoms with Gasteiger partial charge in [0.25, 0.3) is 11.9 Å².